The highest BCUT2D eigenvalue weighted by Crippen LogP contribution is 2.32. The summed E-state index contributed by atoms with van der Waals surface area (Å²) in [5.74, 6) is 0.0597. The van der Waals surface area contributed by atoms with E-state index in [-0.39, 0.29) is 29.1 Å². The summed E-state index contributed by atoms with van der Waals surface area (Å²) in [5.41, 5.74) is 1.62. The number of methoxy groups -OCH3 is 1. The number of aromatic nitrogens is 1. The molecule has 1 N–H and O–H groups in total. The summed E-state index contributed by atoms with van der Waals surface area (Å²) in [6, 6.07) is 8.93. The topological polar surface area (TPSA) is 83.9 Å². The maximum atomic E-state index is 12.7. The molecule has 0 spiro atoms. The van der Waals surface area contributed by atoms with Crippen LogP contribution in [0.2, 0.25) is 0 Å². The minimum absolute atomic E-state index is 0.0191. The second kappa shape index (κ2) is 8.56. The fourth-order valence-electron chi connectivity index (χ4n) is 3.71. The molecule has 29 heavy (non-hydrogen) atoms. The van der Waals surface area contributed by atoms with Gasteiger partial charge in [-0.05, 0) is 49.7 Å². The molecule has 0 aliphatic carbocycles. The minimum Gasteiger partial charge on any atom is -0.495 e. The van der Waals surface area contributed by atoms with Crippen molar-refractivity contribution >= 4 is 21.6 Å². The number of likely N-dealkylation sites (tertiary alicyclic amines) is 1. The quantitative estimate of drug-likeness (QED) is 0.741. The number of anilines is 1. The Morgan fingerprint density at radius 2 is 2.07 bits per heavy atom. The van der Waals surface area contributed by atoms with Crippen LogP contribution in [-0.2, 0) is 21.9 Å². The zero-order valence-electron chi connectivity index (χ0n) is 17.3. The van der Waals surface area contributed by atoms with Crippen molar-refractivity contribution in [1.29, 1.82) is 0 Å². The van der Waals surface area contributed by atoms with Crippen LogP contribution in [0.5, 0.6) is 5.75 Å². The standard InChI is InChI=1S/C20H28N4O4S/c1-22(2)29(26,27)19-13-15(9-10-18(19)28-4)21-20(25)14-24-12-6-8-17(24)16-7-5-11-23(16)3/h5,7,9-11,13,17H,6,8,12,14H2,1-4H3,(H,21,25)/t17-/m0/s1. The molecule has 3 rings (SSSR count). The summed E-state index contributed by atoms with van der Waals surface area (Å²) >= 11 is 0. The van der Waals surface area contributed by atoms with Crippen LogP contribution >= 0.6 is 0 Å². The Labute approximate surface area is 172 Å². The van der Waals surface area contributed by atoms with Gasteiger partial charge in [0.1, 0.15) is 10.6 Å². The van der Waals surface area contributed by atoms with Crippen molar-refractivity contribution in [2.45, 2.75) is 23.8 Å². The number of aryl methyl sites for hydroxylation is 1. The van der Waals surface area contributed by atoms with Gasteiger partial charge in [0.15, 0.2) is 0 Å². The van der Waals surface area contributed by atoms with E-state index >= 15 is 0 Å². The smallest absolute Gasteiger partial charge is 0.246 e. The Balaban J connectivity index is 1.75. The number of rotatable bonds is 7. The highest BCUT2D eigenvalue weighted by atomic mass is 32.2. The van der Waals surface area contributed by atoms with Crippen molar-refractivity contribution in [3.8, 4) is 5.75 Å². The fraction of sp³-hybridized carbons (Fsp3) is 0.450. The number of ether oxygens (including phenoxy) is 1. The largest absolute Gasteiger partial charge is 0.495 e. The minimum atomic E-state index is -3.70. The Morgan fingerprint density at radius 1 is 1.31 bits per heavy atom. The SMILES string of the molecule is COc1ccc(NC(=O)CN2CCC[C@H]2c2cccn2C)cc1S(=O)(=O)N(C)C. The molecular weight excluding hydrogens is 392 g/mol. The van der Waals surface area contributed by atoms with Crippen LogP contribution in [-0.4, -0.2) is 62.4 Å². The summed E-state index contributed by atoms with van der Waals surface area (Å²) in [4.78, 5) is 14.8. The lowest BCUT2D eigenvalue weighted by Gasteiger charge is -2.24. The lowest BCUT2D eigenvalue weighted by molar-refractivity contribution is -0.117. The fourth-order valence-corrected chi connectivity index (χ4v) is 4.78. The average Bonchev–Trinajstić information content (AvgIpc) is 3.29. The van der Waals surface area contributed by atoms with Crippen molar-refractivity contribution < 1.29 is 17.9 Å². The van der Waals surface area contributed by atoms with Gasteiger partial charge in [0.05, 0.1) is 19.7 Å². The van der Waals surface area contributed by atoms with E-state index in [4.69, 9.17) is 4.74 Å². The van der Waals surface area contributed by atoms with Crippen LogP contribution in [0, 0.1) is 0 Å². The first-order chi connectivity index (χ1) is 13.7. The molecule has 0 unspecified atom stereocenters. The van der Waals surface area contributed by atoms with Crippen LogP contribution < -0.4 is 10.1 Å². The van der Waals surface area contributed by atoms with E-state index < -0.39 is 10.0 Å². The Bertz CT molecular complexity index is 984. The molecule has 1 aromatic heterocycles. The molecule has 2 aromatic rings. The predicted molar refractivity (Wildman–Crippen MR) is 111 cm³/mol. The average molecular weight is 421 g/mol. The van der Waals surface area contributed by atoms with Gasteiger partial charge in [-0.3, -0.25) is 9.69 Å². The summed E-state index contributed by atoms with van der Waals surface area (Å²) in [7, 11) is 2.64. The predicted octanol–water partition coefficient (Wildman–Crippen LogP) is 2.06. The maximum Gasteiger partial charge on any atom is 0.246 e. The van der Waals surface area contributed by atoms with E-state index in [0.29, 0.717) is 5.69 Å². The van der Waals surface area contributed by atoms with Crippen molar-refractivity contribution in [2.75, 3.05) is 39.6 Å². The molecule has 2 heterocycles. The number of sulfonamides is 1. The van der Waals surface area contributed by atoms with Crippen molar-refractivity contribution in [3.63, 3.8) is 0 Å². The third kappa shape index (κ3) is 4.47. The molecule has 1 fully saturated rings. The van der Waals surface area contributed by atoms with Gasteiger partial charge in [-0.1, -0.05) is 0 Å². The molecule has 1 aliphatic heterocycles. The second-order valence-corrected chi connectivity index (χ2v) is 9.49. The number of nitrogens with one attached hydrogen (secondary N) is 1. The van der Waals surface area contributed by atoms with Crippen molar-refractivity contribution in [2.24, 2.45) is 7.05 Å². The van der Waals surface area contributed by atoms with Crippen LogP contribution in [0.4, 0.5) is 5.69 Å². The second-order valence-electron chi connectivity index (χ2n) is 7.37. The van der Waals surface area contributed by atoms with Gasteiger partial charge in [0, 0.05) is 38.7 Å². The van der Waals surface area contributed by atoms with Crippen LogP contribution in [0.15, 0.2) is 41.4 Å². The Morgan fingerprint density at radius 3 is 2.69 bits per heavy atom. The molecule has 1 aromatic carbocycles. The molecule has 0 radical (unpaired) electrons. The number of benzene rings is 1. The van der Waals surface area contributed by atoms with E-state index in [1.165, 1.54) is 33.0 Å². The zero-order chi connectivity index (χ0) is 21.2. The molecule has 1 aliphatic rings. The van der Waals surface area contributed by atoms with Crippen LogP contribution in [0.3, 0.4) is 0 Å². The molecule has 1 amide bonds. The highest BCUT2D eigenvalue weighted by molar-refractivity contribution is 7.89. The first-order valence-electron chi connectivity index (χ1n) is 9.49. The highest BCUT2D eigenvalue weighted by Gasteiger charge is 2.29. The first-order valence-corrected chi connectivity index (χ1v) is 10.9. The van der Waals surface area contributed by atoms with E-state index in [9.17, 15) is 13.2 Å². The molecule has 0 saturated carbocycles. The third-order valence-electron chi connectivity index (χ3n) is 5.24. The molecule has 8 nitrogen and oxygen atoms in total. The van der Waals surface area contributed by atoms with Crippen molar-refractivity contribution in [3.05, 3.63) is 42.2 Å². The van der Waals surface area contributed by atoms with Gasteiger partial charge in [0.25, 0.3) is 0 Å². The normalized spacial score (nSPS) is 17.6. The van der Waals surface area contributed by atoms with Gasteiger partial charge in [-0.15, -0.1) is 0 Å². The zero-order valence-corrected chi connectivity index (χ0v) is 18.1. The Kier molecular flexibility index (Phi) is 6.30. The number of hydrogen-bond donors (Lipinski definition) is 1. The lowest BCUT2D eigenvalue weighted by atomic mass is 10.1. The third-order valence-corrected chi connectivity index (χ3v) is 7.08. The molecule has 0 bridgehead atoms. The monoisotopic (exact) mass is 420 g/mol. The van der Waals surface area contributed by atoms with E-state index in [1.54, 1.807) is 12.1 Å². The van der Waals surface area contributed by atoms with Gasteiger partial charge >= 0.3 is 0 Å². The number of carbonyl (C=O) groups excluding carboxylic acids is 1. The number of nitrogens with zero attached hydrogens (tertiary/aromatic N) is 3. The lowest BCUT2D eigenvalue weighted by Crippen LogP contribution is -2.33. The Hall–Kier alpha value is -2.36. The molecule has 1 atom stereocenters. The van der Waals surface area contributed by atoms with E-state index in [1.807, 2.05) is 19.3 Å². The van der Waals surface area contributed by atoms with Gasteiger partial charge in [-0.2, -0.15) is 0 Å². The number of amides is 1. The van der Waals surface area contributed by atoms with Crippen LogP contribution in [0.25, 0.3) is 0 Å². The molecule has 158 valence electrons. The molecule has 1 saturated heterocycles. The van der Waals surface area contributed by atoms with E-state index in [2.05, 4.69) is 20.9 Å². The number of carbonyl (C=O) groups is 1. The summed E-state index contributed by atoms with van der Waals surface area (Å²) in [6.07, 6.45) is 4.06. The van der Waals surface area contributed by atoms with Crippen LogP contribution in [0.1, 0.15) is 24.6 Å². The first kappa shape index (κ1) is 21.4. The van der Waals surface area contributed by atoms with Crippen molar-refractivity contribution in [1.82, 2.24) is 13.8 Å². The van der Waals surface area contributed by atoms with Gasteiger partial charge in [-0.25, -0.2) is 12.7 Å². The summed E-state index contributed by atoms with van der Waals surface area (Å²) < 4.78 is 33.5. The molecular formula is C20H28N4O4S. The summed E-state index contributed by atoms with van der Waals surface area (Å²) in [5, 5.41) is 2.83. The molecule has 9 heteroatoms. The van der Waals surface area contributed by atoms with E-state index in [0.717, 1.165) is 23.7 Å². The number of hydrogen-bond acceptors (Lipinski definition) is 5. The maximum absolute atomic E-state index is 12.7. The van der Waals surface area contributed by atoms with Gasteiger partial charge < -0.3 is 14.6 Å². The summed E-state index contributed by atoms with van der Waals surface area (Å²) in [6.45, 7) is 1.10. The van der Waals surface area contributed by atoms with Gasteiger partial charge in [0.2, 0.25) is 15.9 Å².